The number of nitrogens with one attached hydrogen (secondary N) is 1. The van der Waals surface area contributed by atoms with Gasteiger partial charge in [-0.15, -0.1) is 0 Å². The molecule has 0 spiro atoms. The Morgan fingerprint density at radius 2 is 1.90 bits per heavy atom. The molecule has 1 fully saturated rings. The van der Waals surface area contributed by atoms with Crippen molar-refractivity contribution in [2.45, 2.75) is 19.4 Å². The number of carbonyl (C=O) groups is 1. The Morgan fingerprint density at radius 3 is 2.72 bits per heavy atom. The highest BCUT2D eigenvalue weighted by Crippen LogP contribution is 2.24. The lowest BCUT2D eigenvalue weighted by Gasteiger charge is -2.33. The van der Waals surface area contributed by atoms with Gasteiger partial charge in [0.25, 0.3) is 0 Å². The second kappa shape index (κ2) is 9.05. The van der Waals surface area contributed by atoms with Gasteiger partial charge in [-0.05, 0) is 30.5 Å². The van der Waals surface area contributed by atoms with E-state index < -0.39 is 0 Å². The summed E-state index contributed by atoms with van der Waals surface area (Å²) in [5, 5.41) is 3.71. The molecule has 5 nitrogen and oxygen atoms in total. The molecule has 148 valence electrons. The van der Waals surface area contributed by atoms with Gasteiger partial charge in [-0.1, -0.05) is 60.1 Å². The van der Waals surface area contributed by atoms with Crippen molar-refractivity contribution in [3.63, 3.8) is 0 Å². The minimum absolute atomic E-state index is 0.0620. The molecule has 1 N–H and O–H groups in total. The van der Waals surface area contributed by atoms with Crippen LogP contribution < -0.4 is 10.2 Å². The van der Waals surface area contributed by atoms with E-state index in [2.05, 4.69) is 15.2 Å². The summed E-state index contributed by atoms with van der Waals surface area (Å²) < 4.78 is 0. The zero-order valence-electron chi connectivity index (χ0n) is 16.1. The average Bonchev–Trinajstić information content (AvgIpc) is 2.79. The third-order valence-corrected chi connectivity index (χ3v) is 5.57. The average molecular weight is 407 g/mol. The molecule has 2 aromatic carbocycles. The van der Waals surface area contributed by atoms with Gasteiger partial charge in [0.15, 0.2) is 5.82 Å². The SMILES string of the molecule is O=C(NCc1ccccc1Cl)[C@H]1CCCN(c2ccnc(-c3ccccc3)n2)C1. The van der Waals surface area contributed by atoms with Gasteiger partial charge in [0.2, 0.25) is 5.91 Å². The second-order valence-electron chi connectivity index (χ2n) is 7.20. The standard InChI is InChI=1S/C23H23ClN4O/c24-20-11-5-4-9-18(20)15-26-23(29)19-10-6-14-28(16-19)21-12-13-25-22(27-21)17-7-2-1-3-8-17/h1-5,7-9,11-13,19H,6,10,14-16H2,(H,26,29)/t19-/m0/s1. The number of halogens is 1. The van der Waals surface area contributed by atoms with E-state index in [-0.39, 0.29) is 11.8 Å². The molecule has 1 saturated heterocycles. The van der Waals surface area contributed by atoms with E-state index in [9.17, 15) is 4.79 Å². The molecule has 1 aromatic heterocycles. The molecule has 0 bridgehead atoms. The van der Waals surface area contributed by atoms with Crippen molar-refractivity contribution in [2.75, 3.05) is 18.0 Å². The smallest absolute Gasteiger partial charge is 0.225 e. The Labute approximate surface area is 175 Å². The molecule has 1 aliphatic heterocycles. The number of hydrogen-bond donors (Lipinski definition) is 1. The fraction of sp³-hybridized carbons (Fsp3) is 0.261. The monoisotopic (exact) mass is 406 g/mol. The third kappa shape index (κ3) is 4.74. The van der Waals surface area contributed by atoms with Gasteiger partial charge < -0.3 is 10.2 Å². The maximum atomic E-state index is 12.7. The molecule has 6 heteroatoms. The fourth-order valence-corrected chi connectivity index (χ4v) is 3.82. The molecular formula is C23H23ClN4O. The Bertz CT molecular complexity index is 979. The number of hydrogen-bond acceptors (Lipinski definition) is 4. The van der Waals surface area contributed by atoms with Gasteiger partial charge in [0.1, 0.15) is 5.82 Å². The van der Waals surface area contributed by atoms with Crippen LogP contribution in [0.25, 0.3) is 11.4 Å². The molecule has 0 radical (unpaired) electrons. The number of amides is 1. The summed E-state index contributed by atoms with van der Waals surface area (Å²) in [6.45, 7) is 1.99. The number of anilines is 1. The molecular weight excluding hydrogens is 384 g/mol. The molecule has 1 amide bonds. The number of piperidine rings is 1. The van der Waals surface area contributed by atoms with Gasteiger partial charge in [-0.25, -0.2) is 9.97 Å². The van der Waals surface area contributed by atoms with Crippen molar-refractivity contribution in [3.8, 4) is 11.4 Å². The highest BCUT2D eigenvalue weighted by molar-refractivity contribution is 6.31. The predicted octanol–water partition coefficient (Wildman–Crippen LogP) is 4.33. The maximum absolute atomic E-state index is 12.7. The van der Waals surface area contributed by atoms with Crippen LogP contribution in [0.5, 0.6) is 0 Å². The lowest BCUT2D eigenvalue weighted by Crippen LogP contribution is -2.43. The first-order chi connectivity index (χ1) is 14.2. The molecule has 4 rings (SSSR count). The van der Waals surface area contributed by atoms with E-state index in [4.69, 9.17) is 16.6 Å². The molecule has 0 saturated carbocycles. The summed E-state index contributed by atoms with van der Waals surface area (Å²) in [7, 11) is 0. The van der Waals surface area contributed by atoms with E-state index in [1.807, 2.05) is 60.7 Å². The zero-order valence-corrected chi connectivity index (χ0v) is 16.8. The van der Waals surface area contributed by atoms with Gasteiger partial charge in [-0.3, -0.25) is 4.79 Å². The zero-order chi connectivity index (χ0) is 20.1. The molecule has 0 unspecified atom stereocenters. The highest BCUT2D eigenvalue weighted by Gasteiger charge is 2.26. The first-order valence-corrected chi connectivity index (χ1v) is 10.2. The van der Waals surface area contributed by atoms with Crippen molar-refractivity contribution in [3.05, 3.63) is 77.4 Å². The van der Waals surface area contributed by atoms with Crippen LogP contribution >= 0.6 is 11.6 Å². The predicted molar refractivity (Wildman–Crippen MR) is 116 cm³/mol. The maximum Gasteiger partial charge on any atom is 0.225 e. The number of carbonyl (C=O) groups excluding carboxylic acids is 1. The molecule has 3 aromatic rings. The third-order valence-electron chi connectivity index (χ3n) is 5.20. The molecule has 29 heavy (non-hydrogen) atoms. The first-order valence-electron chi connectivity index (χ1n) is 9.85. The van der Waals surface area contributed by atoms with Gasteiger partial charge in [-0.2, -0.15) is 0 Å². The van der Waals surface area contributed by atoms with Crippen molar-refractivity contribution < 1.29 is 4.79 Å². The summed E-state index contributed by atoms with van der Waals surface area (Å²) in [6.07, 6.45) is 3.61. The Kier molecular flexibility index (Phi) is 6.06. The van der Waals surface area contributed by atoms with E-state index in [0.29, 0.717) is 23.9 Å². The van der Waals surface area contributed by atoms with Crippen LogP contribution in [0.3, 0.4) is 0 Å². The second-order valence-corrected chi connectivity index (χ2v) is 7.61. The molecule has 2 heterocycles. The highest BCUT2D eigenvalue weighted by atomic mass is 35.5. The van der Waals surface area contributed by atoms with Crippen molar-refractivity contribution >= 4 is 23.3 Å². The van der Waals surface area contributed by atoms with Gasteiger partial charge in [0, 0.05) is 36.4 Å². The van der Waals surface area contributed by atoms with Crippen LogP contribution in [0.15, 0.2) is 66.9 Å². The minimum atomic E-state index is -0.0682. The summed E-state index contributed by atoms with van der Waals surface area (Å²) in [5.74, 6) is 1.56. The van der Waals surface area contributed by atoms with Gasteiger partial charge >= 0.3 is 0 Å². The Morgan fingerprint density at radius 1 is 1.10 bits per heavy atom. The van der Waals surface area contributed by atoms with Crippen LogP contribution in [0.1, 0.15) is 18.4 Å². The van der Waals surface area contributed by atoms with E-state index in [0.717, 1.165) is 36.3 Å². The molecule has 0 aliphatic carbocycles. The lowest BCUT2D eigenvalue weighted by atomic mass is 9.97. The van der Waals surface area contributed by atoms with Crippen LogP contribution in [0, 0.1) is 5.92 Å². The summed E-state index contributed by atoms with van der Waals surface area (Å²) >= 11 is 6.19. The van der Waals surface area contributed by atoms with Crippen LogP contribution in [-0.2, 0) is 11.3 Å². The van der Waals surface area contributed by atoms with Crippen LogP contribution in [0.4, 0.5) is 5.82 Å². The number of nitrogens with zero attached hydrogens (tertiary/aromatic N) is 3. The number of rotatable bonds is 5. The van der Waals surface area contributed by atoms with E-state index in [1.54, 1.807) is 6.20 Å². The van der Waals surface area contributed by atoms with E-state index >= 15 is 0 Å². The fourth-order valence-electron chi connectivity index (χ4n) is 3.62. The van der Waals surface area contributed by atoms with Crippen molar-refractivity contribution in [1.82, 2.24) is 15.3 Å². The lowest BCUT2D eigenvalue weighted by molar-refractivity contribution is -0.125. The number of benzene rings is 2. The van der Waals surface area contributed by atoms with Crippen LogP contribution in [0.2, 0.25) is 5.02 Å². The molecule has 1 aliphatic rings. The summed E-state index contributed by atoms with van der Waals surface area (Å²) in [6, 6.07) is 19.4. The van der Waals surface area contributed by atoms with Gasteiger partial charge in [0.05, 0.1) is 5.92 Å². The van der Waals surface area contributed by atoms with Crippen molar-refractivity contribution in [1.29, 1.82) is 0 Å². The summed E-state index contributed by atoms with van der Waals surface area (Å²) in [4.78, 5) is 24.0. The van der Waals surface area contributed by atoms with Crippen LogP contribution in [-0.4, -0.2) is 29.0 Å². The molecule has 1 atom stereocenters. The Balaban J connectivity index is 1.42. The number of aromatic nitrogens is 2. The largest absolute Gasteiger partial charge is 0.356 e. The summed E-state index contributed by atoms with van der Waals surface area (Å²) in [5.41, 5.74) is 1.92. The van der Waals surface area contributed by atoms with E-state index in [1.165, 1.54) is 0 Å². The quantitative estimate of drug-likeness (QED) is 0.685. The topological polar surface area (TPSA) is 58.1 Å². The Hall–Kier alpha value is -2.92. The first kappa shape index (κ1) is 19.4. The minimum Gasteiger partial charge on any atom is -0.356 e. The van der Waals surface area contributed by atoms with Crippen molar-refractivity contribution in [2.24, 2.45) is 5.92 Å². The normalized spacial score (nSPS) is 16.4.